The average Bonchev–Trinajstić information content (AvgIpc) is 3.04. The third kappa shape index (κ3) is 3.63. The van der Waals surface area contributed by atoms with E-state index < -0.39 is 28.4 Å². The Morgan fingerprint density at radius 3 is 2.26 bits per heavy atom. The number of fused-ring (bicyclic) bond motifs is 2. The predicted molar refractivity (Wildman–Crippen MR) is 86.2 cm³/mol. The lowest BCUT2D eigenvalue weighted by atomic mass is 9.70. The van der Waals surface area contributed by atoms with Crippen molar-refractivity contribution in [2.45, 2.75) is 51.9 Å². The molecule has 0 spiro atoms. The topological polar surface area (TPSA) is 124 Å². The molecule has 0 aromatic heterocycles. The maximum absolute atomic E-state index is 11.9. The highest BCUT2D eigenvalue weighted by atomic mass is 32.2. The molecule has 132 valence electrons. The normalized spacial score (nSPS) is 35.1. The summed E-state index contributed by atoms with van der Waals surface area (Å²) in [6.45, 7) is 4.81. The van der Waals surface area contributed by atoms with Crippen molar-refractivity contribution >= 4 is 23.0 Å². The maximum Gasteiger partial charge on any atom is 0.469 e. The van der Waals surface area contributed by atoms with Gasteiger partial charge >= 0.3 is 7.12 Å². The zero-order valence-electron chi connectivity index (χ0n) is 13.7. The summed E-state index contributed by atoms with van der Waals surface area (Å²) in [5.41, 5.74) is -1.12. The van der Waals surface area contributed by atoms with Crippen LogP contribution in [-0.4, -0.2) is 54.2 Å². The minimum Gasteiger partial charge on any atom is -0.426 e. The molecule has 23 heavy (non-hydrogen) atoms. The summed E-state index contributed by atoms with van der Waals surface area (Å²) >= 11 is 0. The fourth-order valence-corrected chi connectivity index (χ4v) is 5.69. The first-order valence-corrected chi connectivity index (χ1v) is 9.68. The Balaban J connectivity index is 0.000000203. The summed E-state index contributed by atoms with van der Waals surface area (Å²) in [7, 11) is -5.25. The van der Waals surface area contributed by atoms with Crippen molar-refractivity contribution in [3.05, 3.63) is 0 Å². The molecule has 0 radical (unpaired) electrons. The van der Waals surface area contributed by atoms with Gasteiger partial charge in [-0.1, -0.05) is 13.8 Å². The summed E-state index contributed by atoms with van der Waals surface area (Å²) in [4.78, 5) is 11.9. The fraction of sp³-hybridized carbons (Fsp3) is 0.929. The van der Waals surface area contributed by atoms with Gasteiger partial charge in [0, 0.05) is 12.4 Å². The molecule has 0 unspecified atom stereocenters. The Bertz CT molecular complexity index is 558. The van der Waals surface area contributed by atoms with Crippen molar-refractivity contribution in [3.8, 4) is 0 Å². The number of ketones is 1. The van der Waals surface area contributed by atoms with Crippen molar-refractivity contribution < 1.29 is 27.8 Å². The van der Waals surface area contributed by atoms with Crippen LogP contribution in [0.2, 0.25) is 0 Å². The van der Waals surface area contributed by atoms with E-state index in [0.717, 1.165) is 25.8 Å². The quantitative estimate of drug-likeness (QED) is 0.419. The van der Waals surface area contributed by atoms with Crippen molar-refractivity contribution in [1.82, 2.24) is 5.32 Å². The van der Waals surface area contributed by atoms with Crippen molar-refractivity contribution in [1.29, 1.82) is 0 Å². The monoisotopic (exact) mass is 347 g/mol. The van der Waals surface area contributed by atoms with Gasteiger partial charge in [0.05, 0.1) is 11.2 Å². The number of Topliss-reactive ketones (excluding diaryl/α,β-unsaturated/α-hetero) is 1. The van der Waals surface area contributed by atoms with Crippen LogP contribution in [0, 0.1) is 16.7 Å². The van der Waals surface area contributed by atoms with Gasteiger partial charge in [-0.2, -0.15) is 8.42 Å². The smallest absolute Gasteiger partial charge is 0.426 e. The Morgan fingerprint density at radius 1 is 1.30 bits per heavy atom. The number of hydrogen-bond donors (Lipinski definition) is 4. The van der Waals surface area contributed by atoms with Crippen LogP contribution in [0.1, 0.15) is 46.0 Å². The minimum absolute atomic E-state index is 0.0152. The van der Waals surface area contributed by atoms with Gasteiger partial charge in [-0.3, -0.25) is 9.35 Å². The third-order valence-corrected chi connectivity index (χ3v) is 6.88. The van der Waals surface area contributed by atoms with Gasteiger partial charge < -0.3 is 15.4 Å². The molecule has 1 saturated heterocycles. The van der Waals surface area contributed by atoms with Crippen molar-refractivity contribution in [2.24, 2.45) is 16.7 Å². The number of rotatable bonds is 3. The molecule has 0 aromatic rings. The molecular weight excluding hydrogens is 321 g/mol. The Hall–Kier alpha value is -0.475. The largest absolute Gasteiger partial charge is 0.469 e. The van der Waals surface area contributed by atoms with Crippen molar-refractivity contribution in [3.63, 3.8) is 0 Å². The van der Waals surface area contributed by atoms with E-state index in [1.807, 2.05) is 13.8 Å². The van der Waals surface area contributed by atoms with Gasteiger partial charge in [-0.15, -0.1) is 0 Å². The average molecular weight is 347 g/mol. The van der Waals surface area contributed by atoms with E-state index in [4.69, 9.17) is 14.6 Å². The van der Waals surface area contributed by atoms with E-state index in [2.05, 4.69) is 5.32 Å². The highest BCUT2D eigenvalue weighted by Crippen LogP contribution is 2.64. The third-order valence-electron chi connectivity index (χ3n) is 6.03. The minimum atomic E-state index is -4.08. The van der Waals surface area contributed by atoms with Crippen LogP contribution < -0.4 is 5.32 Å². The maximum atomic E-state index is 11.9. The van der Waals surface area contributed by atoms with Gasteiger partial charge in [-0.05, 0) is 43.6 Å². The lowest BCUT2D eigenvalue weighted by Gasteiger charge is -2.35. The molecule has 1 aliphatic heterocycles. The van der Waals surface area contributed by atoms with E-state index in [1.54, 1.807) is 0 Å². The molecule has 1 heterocycles. The highest BCUT2D eigenvalue weighted by Gasteiger charge is 2.65. The SMILES string of the molecule is CC1(C)[C@@H]2CC[C@@]1(CS(=O)(=O)O)C(=O)C2.OB(O)[C@@H]1CCCN1. The van der Waals surface area contributed by atoms with E-state index in [1.165, 1.54) is 0 Å². The van der Waals surface area contributed by atoms with Gasteiger partial charge in [0.2, 0.25) is 0 Å². The van der Waals surface area contributed by atoms with Crippen LogP contribution >= 0.6 is 0 Å². The van der Waals surface area contributed by atoms with Crippen LogP contribution in [0.3, 0.4) is 0 Å². The highest BCUT2D eigenvalue weighted by molar-refractivity contribution is 7.85. The molecule has 3 rings (SSSR count). The summed E-state index contributed by atoms with van der Waals surface area (Å²) in [5.74, 6) is -0.175. The molecule has 2 aliphatic carbocycles. The lowest BCUT2D eigenvalue weighted by molar-refractivity contribution is -0.128. The van der Waals surface area contributed by atoms with Gasteiger partial charge in [0.1, 0.15) is 5.78 Å². The van der Waals surface area contributed by atoms with Gasteiger partial charge in [-0.25, -0.2) is 0 Å². The Kier molecular flexibility index (Phi) is 5.28. The molecule has 4 N–H and O–H groups in total. The zero-order chi connectivity index (χ0) is 17.5. The molecule has 3 atom stereocenters. The molecule has 0 aromatic carbocycles. The number of hydrogen-bond acceptors (Lipinski definition) is 6. The second-order valence-corrected chi connectivity index (χ2v) is 8.96. The van der Waals surface area contributed by atoms with Crippen LogP contribution in [0.25, 0.3) is 0 Å². The fourth-order valence-electron chi connectivity index (χ4n) is 4.39. The van der Waals surface area contributed by atoms with Crippen molar-refractivity contribution in [2.75, 3.05) is 12.3 Å². The lowest BCUT2D eigenvalue weighted by Crippen LogP contribution is -2.42. The van der Waals surface area contributed by atoms with E-state index in [9.17, 15) is 13.2 Å². The number of nitrogens with one attached hydrogen (secondary N) is 1. The van der Waals surface area contributed by atoms with E-state index in [0.29, 0.717) is 12.8 Å². The standard InChI is InChI=1S/C10H16O4S.C4H10BNO2/c1-9(2)7-3-4-10(9,8(11)5-7)6-15(12,13)14;7-5(8)4-2-1-3-6-4/h7H,3-6H2,1-2H3,(H,12,13,14);4,6-8H,1-3H2/t7-,10-;4-/m10/s1. The number of carbonyl (C=O) groups excluding carboxylic acids is 1. The molecule has 2 saturated carbocycles. The van der Waals surface area contributed by atoms with Gasteiger partial charge in [0.15, 0.2) is 0 Å². The van der Waals surface area contributed by atoms with Crippen LogP contribution in [0.5, 0.6) is 0 Å². The summed E-state index contributed by atoms with van der Waals surface area (Å²) in [5, 5.41) is 20.0. The second-order valence-electron chi connectivity index (χ2n) is 7.51. The Labute approximate surface area is 137 Å². The first-order chi connectivity index (χ1) is 10.5. The molecule has 3 fully saturated rings. The summed E-state index contributed by atoms with van der Waals surface area (Å²) in [6, 6.07) is 0. The zero-order valence-corrected chi connectivity index (χ0v) is 14.5. The molecule has 7 nitrogen and oxygen atoms in total. The van der Waals surface area contributed by atoms with Crippen LogP contribution in [0.15, 0.2) is 0 Å². The molecule has 9 heteroatoms. The number of carbonyl (C=O) groups is 1. The van der Waals surface area contributed by atoms with E-state index >= 15 is 0 Å². The molecule has 3 aliphatic rings. The first-order valence-electron chi connectivity index (χ1n) is 8.07. The molecule has 0 amide bonds. The van der Waals surface area contributed by atoms with Crippen LogP contribution in [-0.2, 0) is 14.9 Å². The predicted octanol–water partition coefficient (Wildman–Crippen LogP) is 0.0200. The Morgan fingerprint density at radius 2 is 1.96 bits per heavy atom. The molecule has 2 bridgehead atoms. The van der Waals surface area contributed by atoms with Crippen LogP contribution in [0.4, 0.5) is 0 Å². The molecular formula is C14H26BNO6S. The van der Waals surface area contributed by atoms with Gasteiger partial charge in [0.25, 0.3) is 10.1 Å². The summed E-state index contributed by atoms with van der Waals surface area (Å²) < 4.78 is 31.0. The second kappa shape index (κ2) is 6.44. The first kappa shape index (κ1) is 18.9. The summed E-state index contributed by atoms with van der Waals surface area (Å²) in [6.07, 6.45) is 3.92. The van der Waals surface area contributed by atoms with E-state index in [-0.39, 0.29) is 23.1 Å².